The minimum Gasteiger partial charge on any atom is -0.489 e. The lowest BCUT2D eigenvalue weighted by Crippen LogP contribution is -2.41. The van der Waals surface area contributed by atoms with Crippen LogP contribution in [0.1, 0.15) is 25.1 Å². The summed E-state index contributed by atoms with van der Waals surface area (Å²) in [5, 5.41) is 10.7. The number of halogens is 1. The number of aromatic nitrogens is 2. The SMILES string of the molecule is CCNC(=NCc1ccnn1C)NCC(C)Oc1ccc(C)cc1.I. The summed E-state index contributed by atoms with van der Waals surface area (Å²) in [5.74, 6) is 1.66. The number of rotatable bonds is 7. The number of nitrogens with zero attached hydrogens (tertiary/aromatic N) is 3. The Hall–Kier alpha value is -1.77. The Bertz CT molecular complexity index is 654. The molecule has 0 saturated carbocycles. The van der Waals surface area contributed by atoms with Crippen molar-refractivity contribution >= 4 is 29.9 Å². The largest absolute Gasteiger partial charge is 0.489 e. The molecule has 7 heteroatoms. The topological polar surface area (TPSA) is 63.5 Å². The van der Waals surface area contributed by atoms with Gasteiger partial charge in [0.2, 0.25) is 0 Å². The number of ether oxygens (including phenoxy) is 1. The van der Waals surface area contributed by atoms with Crippen molar-refractivity contribution in [1.29, 1.82) is 0 Å². The predicted molar refractivity (Wildman–Crippen MR) is 113 cm³/mol. The number of hydrogen-bond donors (Lipinski definition) is 2. The molecule has 1 unspecified atom stereocenters. The highest BCUT2D eigenvalue weighted by atomic mass is 127. The van der Waals surface area contributed by atoms with Gasteiger partial charge in [-0.15, -0.1) is 24.0 Å². The molecule has 0 saturated heterocycles. The van der Waals surface area contributed by atoms with Crippen molar-refractivity contribution in [2.75, 3.05) is 13.1 Å². The van der Waals surface area contributed by atoms with Crippen LogP contribution < -0.4 is 15.4 Å². The molecule has 0 fully saturated rings. The standard InChI is InChI=1S/C18H27N5O.HI/c1-5-19-18(21-13-16-10-11-22-23(16)4)20-12-15(3)24-17-8-6-14(2)7-9-17;/h6-11,15H,5,12-13H2,1-4H3,(H2,19,20,21);1H. The first kappa shape index (κ1) is 21.3. The van der Waals surface area contributed by atoms with E-state index >= 15 is 0 Å². The number of aliphatic imine (C=N–C) groups is 1. The third kappa shape index (κ3) is 7.33. The molecule has 6 nitrogen and oxygen atoms in total. The number of guanidine groups is 1. The predicted octanol–water partition coefficient (Wildman–Crippen LogP) is 2.87. The third-order valence-corrected chi connectivity index (χ3v) is 3.58. The highest BCUT2D eigenvalue weighted by molar-refractivity contribution is 14.0. The van der Waals surface area contributed by atoms with Crippen molar-refractivity contribution in [3.8, 4) is 5.75 Å². The molecule has 2 rings (SSSR count). The summed E-state index contributed by atoms with van der Waals surface area (Å²) in [6.07, 6.45) is 1.82. The Morgan fingerprint density at radius 3 is 2.56 bits per heavy atom. The van der Waals surface area contributed by atoms with Crippen molar-refractivity contribution < 1.29 is 4.74 Å². The molecule has 138 valence electrons. The summed E-state index contributed by atoms with van der Waals surface area (Å²) in [4.78, 5) is 4.59. The van der Waals surface area contributed by atoms with Gasteiger partial charge in [0, 0.05) is 19.8 Å². The number of nitrogens with one attached hydrogen (secondary N) is 2. The van der Waals surface area contributed by atoms with E-state index in [1.54, 1.807) is 6.20 Å². The van der Waals surface area contributed by atoms with Crippen molar-refractivity contribution in [3.05, 3.63) is 47.8 Å². The Balaban J connectivity index is 0.00000312. The van der Waals surface area contributed by atoms with Gasteiger partial charge in [0.15, 0.2) is 5.96 Å². The average molecular weight is 457 g/mol. The summed E-state index contributed by atoms with van der Waals surface area (Å²) in [6, 6.07) is 10.1. The Labute approximate surface area is 167 Å². The van der Waals surface area contributed by atoms with Gasteiger partial charge in [0.1, 0.15) is 11.9 Å². The Morgan fingerprint density at radius 2 is 1.96 bits per heavy atom. The van der Waals surface area contributed by atoms with E-state index in [0.29, 0.717) is 13.1 Å². The lowest BCUT2D eigenvalue weighted by molar-refractivity contribution is 0.224. The zero-order valence-corrected chi connectivity index (χ0v) is 17.7. The summed E-state index contributed by atoms with van der Waals surface area (Å²) in [6.45, 7) is 8.22. The lowest BCUT2D eigenvalue weighted by Gasteiger charge is -2.17. The van der Waals surface area contributed by atoms with Crippen LogP contribution in [0.3, 0.4) is 0 Å². The van der Waals surface area contributed by atoms with Gasteiger partial charge in [0.05, 0.1) is 18.8 Å². The van der Waals surface area contributed by atoms with Gasteiger partial charge in [0.25, 0.3) is 0 Å². The molecule has 0 aliphatic carbocycles. The van der Waals surface area contributed by atoms with E-state index < -0.39 is 0 Å². The molecule has 1 heterocycles. The number of aryl methyl sites for hydroxylation is 2. The van der Waals surface area contributed by atoms with Crippen LogP contribution in [0.5, 0.6) is 5.75 Å². The Kier molecular flexibility index (Phi) is 9.33. The Morgan fingerprint density at radius 1 is 1.24 bits per heavy atom. The summed E-state index contributed by atoms with van der Waals surface area (Å²) >= 11 is 0. The number of benzene rings is 1. The van der Waals surface area contributed by atoms with Gasteiger partial charge in [-0.3, -0.25) is 4.68 Å². The molecule has 0 radical (unpaired) electrons. The van der Waals surface area contributed by atoms with Crippen LogP contribution in [0.15, 0.2) is 41.5 Å². The fourth-order valence-corrected chi connectivity index (χ4v) is 2.19. The maximum absolute atomic E-state index is 5.91. The second kappa shape index (κ2) is 11.0. The van der Waals surface area contributed by atoms with Crippen LogP contribution in [0.25, 0.3) is 0 Å². The van der Waals surface area contributed by atoms with Gasteiger partial charge in [-0.05, 0) is 39.0 Å². The molecule has 0 amide bonds. The van der Waals surface area contributed by atoms with Crippen LogP contribution >= 0.6 is 24.0 Å². The molecule has 2 N–H and O–H groups in total. The first-order chi connectivity index (χ1) is 11.6. The smallest absolute Gasteiger partial charge is 0.191 e. The highest BCUT2D eigenvalue weighted by Crippen LogP contribution is 2.12. The first-order valence-electron chi connectivity index (χ1n) is 8.31. The fraction of sp³-hybridized carbons (Fsp3) is 0.444. The molecule has 1 aromatic heterocycles. The molecule has 0 aliphatic heterocycles. The summed E-state index contributed by atoms with van der Waals surface area (Å²) < 4.78 is 7.74. The van der Waals surface area contributed by atoms with Crippen LogP contribution in [0.2, 0.25) is 0 Å². The first-order valence-corrected chi connectivity index (χ1v) is 8.31. The van der Waals surface area contributed by atoms with Gasteiger partial charge in [-0.25, -0.2) is 4.99 Å². The number of hydrogen-bond acceptors (Lipinski definition) is 3. The average Bonchev–Trinajstić information content (AvgIpc) is 2.97. The van der Waals surface area contributed by atoms with E-state index in [1.807, 2.05) is 43.8 Å². The van der Waals surface area contributed by atoms with E-state index in [9.17, 15) is 0 Å². The molecular formula is C18H28IN5O. The second-order valence-electron chi connectivity index (χ2n) is 5.76. The maximum Gasteiger partial charge on any atom is 0.191 e. The van der Waals surface area contributed by atoms with Gasteiger partial charge < -0.3 is 15.4 Å². The fourth-order valence-electron chi connectivity index (χ4n) is 2.19. The molecule has 2 aromatic rings. The van der Waals surface area contributed by atoms with E-state index in [2.05, 4.69) is 39.8 Å². The molecule has 0 spiro atoms. The van der Waals surface area contributed by atoms with E-state index in [-0.39, 0.29) is 30.1 Å². The van der Waals surface area contributed by atoms with E-state index in [0.717, 1.165) is 23.9 Å². The molecule has 0 bridgehead atoms. The molecule has 0 aliphatic rings. The lowest BCUT2D eigenvalue weighted by atomic mass is 10.2. The van der Waals surface area contributed by atoms with Crippen LogP contribution in [0.4, 0.5) is 0 Å². The van der Waals surface area contributed by atoms with E-state index in [4.69, 9.17) is 4.74 Å². The maximum atomic E-state index is 5.91. The van der Waals surface area contributed by atoms with Gasteiger partial charge in [-0.1, -0.05) is 17.7 Å². The summed E-state index contributed by atoms with van der Waals surface area (Å²) in [7, 11) is 1.92. The third-order valence-electron chi connectivity index (χ3n) is 3.58. The molecular weight excluding hydrogens is 429 g/mol. The van der Waals surface area contributed by atoms with Crippen molar-refractivity contribution in [3.63, 3.8) is 0 Å². The second-order valence-corrected chi connectivity index (χ2v) is 5.76. The van der Waals surface area contributed by atoms with Gasteiger partial charge >= 0.3 is 0 Å². The zero-order valence-electron chi connectivity index (χ0n) is 15.3. The molecule has 1 aromatic carbocycles. The minimum absolute atomic E-state index is 0. The minimum atomic E-state index is 0. The van der Waals surface area contributed by atoms with Crippen molar-refractivity contribution in [2.45, 2.75) is 33.4 Å². The normalized spacial score (nSPS) is 12.2. The van der Waals surface area contributed by atoms with Crippen molar-refractivity contribution in [1.82, 2.24) is 20.4 Å². The van der Waals surface area contributed by atoms with Crippen LogP contribution in [-0.4, -0.2) is 34.9 Å². The highest BCUT2D eigenvalue weighted by Gasteiger charge is 2.06. The summed E-state index contributed by atoms with van der Waals surface area (Å²) in [5.41, 5.74) is 2.29. The zero-order chi connectivity index (χ0) is 17.4. The van der Waals surface area contributed by atoms with Crippen LogP contribution in [0, 0.1) is 6.92 Å². The molecule has 25 heavy (non-hydrogen) atoms. The van der Waals surface area contributed by atoms with E-state index in [1.165, 1.54) is 5.56 Å². The van der Waals surface area contributed by atoms with Gasteiger partial charge in [-0.2, -0.15) is 5.10 Å². The van der Waals surface area contributed by atoms with Crippen molar-refractivity contribution in [2.24, 2.45) is 12.0 Å². The molecule has 1 atom stereocenters. The quantitative estimate of drug-likeness (QED) is 0.382. The monoisotopic (exact) mass is 457 g/mol. The van der Waals surface area contributed by atoms with Crippen LogP contribution in [-0.2, 0) is 13.6 Å².